The Bertz CT molecular complexity index is 833. The molecule has 0 N–H and O–H groups in total. The van der Waals surface area contributed by atoms with Gasteiger partial charge in [0.1, 0.15) is 0 Å². The number of ketones is 1. The number of benzene rings is 3. The lowest BCUT2D eigenvalue weighted by molar-refractivity contribution is 0.103. The molecule has 3 rings (SSSR count). The van der Waals surface area contributed by atoms with Crippen molar-refractivity contribution in [3.05, 3.63) is 90.0 Å². The van der Waals surface area contributed by atoms with Crippen LogP contribution in [0.25, 0.3) is 11.1 Å². The zero-order chi connectivity index (χ0) is 17.6. The summed E-state index contributed by atoms with van der Waals surface area (Å²) >= 11 is 0. The van der Waals surface area contributed by atoms with Gasteiger partial charge in [0.15, 0.2) is 5.78 Å². The second-order valence-electron chi connectivity index (χ2n) is 5.96. The molecule has 0 aliphatic carbocycles. The number of carbonyl (C=O) groups is 1. The SMILES string of the molecule is CCN(CC)c1ccc(-c2ccccc2C(=O)c2ccccc2)cc1. The molecule has 2 nitrogen and oxygen atoms in total. The number of hydrogen-bond donors (Lipinski definition) is 0. The van der Waals surface area contributed by atoms with Gasteiger partial charge in [0.2, 0.25) is 0 Å². The molecule has 2 heteroatoms. The minimum atomic E-state index is 0.0593. The van der Waals surface area contributed by atoms with Crippen molar-refractivity contribution in [2.24, 2.45) is 0 Å². The maximum atomic E-state index is 12.9. The first-order valence-corrected chi connectivity index (χ1v) is 8.78. The molecule has 0 amide bonds. The van der Waals surface area contributed by atoms with E-state index in [0.29, 0.717) is 0 Å². The first-order chi connectivity index (χ1) is 12.2. The highest BCUT2D eigenvalue weighted by Crippen LogP contribution is 2.28. The lowest BCUT2D eigenvalue weighted by atomic mass is 9.94. The molecule has 0 saturated heterocycles. The number of rotatable bonds is 6. The van der Waals surface area contributed by atoms with Crippen LogP contribution in [-0.2, 0) is 0 Å². The second kappa shape index (κ2) is 7.80. The molecule has 0 bridgehead atoms. The van der Waals surface area contributed by atoms with Crippen LogP contribution in [0.4, 0.5) is 5.69 Å². The molecule has 126 valence electrons. The Labute approximate surface area is 149 Å². The van der Waals surface area contributed by atoms with Gasteiger partial charge in [-0.2, -0.15) is 0 Å². The molecule has 0 aromatic heterocycles. The van der Waals surface area contributed by atoms with E-state index >= 15 is 0 Å². The molecule has 3 aromatic rings. The quantitative estimate of drug-likeness (QED) is 0.562. The van der Waals surface area contributed by atoms with Crippen molar-refractivity contribution >= 4 is 11.5 Å². The summed E-state index contributed by atoms with van der Waals surface area (Å²) in [5, 5.41) is 0. The second-order valence-corrected chi connectivity index (χ2v) is 5.96. The third-order valence-corrected chi connectivity index (χ3v) is 4.51. The van der Waals surface area contributed by atoms with Crippen molar-refractivity contribution in [1.29, 1.82) is 0 Å². The summed E-state index contributed by atoms with van der Waals surface area (Å²) in [5.41, 5.74) is 4.71. The van der Waals surface area contributed by atoms with Gasteiger partial charge in [-0.05, 0) is 37.1 Å². The van der Waals surface area contributed by atoms with E-state index in [2.05, 4.69) is 43.0 Å². The van der Waals surface area contributed by atoms with Gasteiger partial charge in [0.05, 0.1) is 0 Å². The maximum absolute atomic E-state index is 12.9. The Balaban J connectivity index is 1.97. The average molecular weight is 329 g/mol. The molecule has 0 aliphatic heterocycles. The largest absolute Gasteiger partial charge is 0.372 e. The standard InChI is InChI=1S/C23H23NO/c1-3-24(4-2)20-16-14-18(15-17-20)21-12-8-9-13-22(21)23(25)19-10-6-5-7-11-19/h5-17H,3-4H2,1-2H3. The molecule has 0 radical (unpaired) electrons. The molecule has 25 heavy (non-hydrogen) atoms. The summed E-state index contributed by atoms with van der Waals surface area (Å²) in [4.78, 5) is 15.2. The highest BCUT2D eigenvalue weighted by atomic mass is 16.1. The number of hydrogen-bond acceptors (Lipinski definition) is 2. The smallest absolute Gasteiger partial charge is 0.193 e. The zero-order valence-electron chi connectivity index (χ0n) is 14.8. The number of carbonyl (C=O) groups excluding carboxylic acids is 1. The van der Waals surface area contributed by atoms with Crippen molar-refractivity contribution in [2.75, 3.05) is 18.0 Å². The van der Waals surface area contributed by atoms with Gasteiger partial charge in [-0.25, -0.2) is 0 Å². The fraction of sp³-hybridized carbons (Fsp3) is 0.174. The average Bonchev–Trinajstić information content (AvgIpc) is 2.69. The van der Waals surface area contributed by atoms with E-state index < -0.39 is 0 Å². The topological polar surface area (TPSA) is 20.3 Å². The van der Waals surface area contributed by atoms with Gasteiger partial charge >= 0.3 is 0 Å². The molecular formula is C23H23NO. The van der Waals surface area contributed by atoms with Crippen molar-refractivity contribution < 1.29 is 4.79 Å². The fourth-order valence-corrected chi connectivity index (χ4v) is 3.12. The molecule has 0 spiro atoms. The van der Waals surface area contributed by atoms with Crippen LogP contribution in [0.15, 0.2) is 78.9 Å². The van der Waals surface area contributed by atoms with Crippen molar-refractivity contribution in [3.63, 3.8) is 0 Å². The molecule has 0 unspecified atom stereocenters. The molecule has 3 aromatic carbocycles. The lowest BCUT2D eigenvalue weighted by Crippen LogP contribution is -2.21. The highest BCUT2D eigenvalue weighted by Gasteiger charge is 2.14. The van der Waals surface area contributed by atoms with Crippen LogP contribution in [0.1, 0.15) is 29.8 Å². The molecular weight excluding hydrogens is 306 g/mol. The van der Waals surface area contributed by atoms with Crippen molar-refractivity contribution in [2.45, 2.75) is 13.8 Å². The lowest BCUT2D eigenvalue weighted by Gasteiger charge is -2.21. The van der Waals surface area contributed by atoms with Gasteiger partial charge in [-0.3, -0.25) is 4.79 Å². The normalized spacial score (nSPS) is 10.5. The molecule has 0 aliphatic rings. The Morgan fingerprint density at radius 2 is 1.36 bits per heavy atom. The Hall–Kier alpha value is -2.87. The first-order valence-electron chi connectivity index (χ1n) is 8.78. The van der Waals surface area contributed by atoms with E-state index in [1.165, 1.54) is 5.69 Å². The minimum absolute atomic E-state index is 0.0593. The summed E-state index contributed by atoms with van der Waals surface area (Å²) in [7, 11) is 0. The van der Waals surface area contributed by atoms with Crippen LogP contribution >= 0.6 is 0 Å². The number of nitrogens with zero attached hydrogens (tertiary/aromatic N) is 1. The Kier molecular flexibility index (Phi) is 5.30. The van der Waals surface area contributed by atoms with Crippen molar-refractivity contribution in [3.8, 4) is 11.1 Å². The maximum Gasteiger partial charge on any atom is 0.193 e. The van der Waals surface area contributed by atoms with E-state index in [-0.39, 0.29) is 5.78 Å². The summed E-state index contributed by atoms with van der Waals surface area (Å²) in [6.45, 7) is 6.29. The zero-order valence-corrected chi connectivity index (χ0v) is 14.8. The van der Waals surface area contributed by atoms with Crippen LogP contribution in [0.5, 0.6) is 0 Å². The predicted octanol–water partition coefficient (Wildman–Crippen LogP) is 5.43. The molecule has 0 atom stereocenters. The van der Waals surface area contributed by atoms with Gasteiger partial charge in [-0.1, -0.05) is 66.7 Å². The number of anilines is 1. The molecule has 0 heterocycles. The summed E-state index contributed by atoms with van der Waals surface area (Å²) in [6.07, 6.45) is 0. The Morgan fingerprint density at radius 1 is 0.760 bits per heavy atom. The van der Waals surface area contributed by atoms with Crippen LogP contribution in [0.3, 0.4) is 0 Å². The van der Waals surface area contributed by atoms with Crippen LogP contribution < -0.4 is 4.90 Å². The summed E-state index contributed by atoms with van der Waals surface area (Å²) in [5.74, 6) is 0.0593. The van der Waals surface area contributed by atoms with Gasteiger partial charge in [-0.15, -0.1) is 0 Å². The predicted molar refractivity (Wildman–Crippen MR) is 105 cm³/mol. The first kappa shape index (κ1) is 17.0. The van der Waals surface area contributed by atoms with E-state index in [9.17, 15) is 4.79 Å². The molecule has 0 saturated carbocycles. The Morgan fingerprint density at radius 3 is 2.00 bits per heavy atom. The monoisotopic (exact) mass is 329 g/mol. The van der Waals surface area contributed by atoms with Crippen LogP contribution in [0, 0.1) is 0 Å². The minimum Gasteiger partial charge on any atom is -0.372 e. The van der Waals surface area contributed by atoms with Gasteiger partial charge in [0.25, 0.3) is 0 Å². The van der Waals surface area contributed by atoms with E-state index in [0.717, 1.165) is 35.3 Å². The van der Waals surface area contributed by atoms with Gasteiger partial charge < -0.3 is 4.90 Å². The highest BCUT2D eigenvalue weighted by molar-refractivity contribution is 6.12. The van der Waals surface area contributed by atoms with E-state index in [1.807, 2.05) is 54.6 Å². The summed E-state index contributed by atoms with van der Waals surface area (Å²) in [6, 6.07) is 25.7. The fourth-order valence-electron chi connectivity index (χ4n) is 3.12. The van der Waals surface area contributed by atoms with E-state index in [1.54, 1.807) is 0 Å². The van der Waals surface area contributed by atoms with Gasteiger partial charge in [0, 0.05) is 29.9 Å². The van der Waals surface area contributed by atoms with Crippen LogP contribution in [0.2, 0.25) is 0 Å². The summed E-state index contributed by atoms with van der Waals surface area (Å²) < 4.78 is 0. The van der Waals surface area contributed by atoms with E-state index in [4.69, 9.17) is 0 Å². The van der Waals surface area contributed by atoms with Crippen molar-refractivity contribution in [1.82, 2.24) is 0 Å². The third-order valence-electron chi connectivity index (χ3n) is 4.51. The molecule has 0 fully saturated rings. The third kappa shape index (κ3) is 3.63. The van der Waals surface area contributed by atoms with Crippen LogP contribution in [-0.4, -0.2) is 18.9 Å².